The summed E-state index contributed by atoms with van der Waals surface area (Å²) in [6, 6.07) is 16.1. The number of ether oxygens (including phenoxy) is 2. The van der Waals surface area contributed by atoms with Crippen molar-refractivity contribution in [3.05, 3.63) is 64.7 Å². The van der Waals surface area contributed by atoms with Crippen LogP contribution in [0.3, 0.4) is 0 Å². The highest BCUT2D eigenvalue weighted by atomic mass is 16.5. The molecule has 5 heteroatoms. The maximum absolute atomic E-state index is 10.1. The highest BCUT2D eigenvalue weighted by Crippen LogP contribution is 2.33. The Balaban J connectivity index is 1.49. The van der Waals surface area contributed by atoms with Crippen LogP contribution in [0, 0.1) is 11.3 Å². The topological polar surface area (TPSA) is 82.7 Å². The molecule has 0 radical (unpaired) electrons. The van der Waals surface area contributed by atoms with Gasteiger partial charge in [0.25, 0.3) is 0 Å². The molecule has 0 bridgehead atoms. The second kappa shape index (κ2) is 9.61. The van der Waals surface area contributed by atoms with Gasteiger partial charge in [-0.25, -0.2) is 0 Å². The summed E-state index contributed by atoms with van der Waals surface area (Å²) in [6.07, 6.45) is 5.56. The predicted octanol–water partition coefficient (Wildman–Crippen LogP) is 4.04. The fourth-order valence-corrected chi connectivity index (χ4v) is 4.50. The quantitative estimate of drug-likeness (QED) is 0.755. The summed E-state index contributed by atoms with van der Waals surface area (Å²) in [5, 5.41) is 29.1. The Hall–Kier alpha value is -2.39. The molecule has 1 saturated carbocycles. The highest BCUT2D eigenvalue weighted by molar-refractivity contribution is 5.44. The predicted molar refractivity (Wildman–Crippen MR) is 113 cm³/mol. The fourth-order valence-electron chi connectivity index (χ4n) is 4.50. The molecule has 3 atom stereocenters. The van der Waals surface area contributed by atoms with Gasteiger partial charge >= 0.3 is 0 Å². The SMILES string of the molecule is N#Cc1ccc(C2CC(O)CC(CO)O2)cc1Cc1ccc(OC2CCCC2)cc1. The monoisotopic (exact) mass is 407 g/mol. The zero-order valence-corrected chi connectivity index (χ0v) is 17.2. The smallest absolute Gasteiger partial charge is 0.119 e. The van der Waals surface area contributed by atoms with Crippen molar-refractivity contribution in [3.63, 3.8) is 0 Å². The van der Waals surface area contributed by atoms with Crippen molar-refractivity contribution in [2.45, 2.75) is 69.4 Å². The lowest BCUT2D eigenvalue weighted by molar-refractivity contribution is -0.113. The van der Waals surface area contributed by atoms with E-state index in [1.165, 1.54) is 12.8 Å². The van der Waals surface area contributed by atoms with Gasteiger partial charge in [0, 0.05) is 12.8 Å². The first kappa shape index (κ1) is 20.9. The highest BCUT2D eigenvalue weighted by Gasteiger charge is 2.29. The van der Waals surface area contributed by atoms with Crippen LogP contribution >= 0.6 is 0 Å². The van der Waals surface area contributed by atoms with Gasteiger partial charge in [-0.3, -0.25) is 0 Å². The molecule has 1 saturated heterocycles. The largest absolute Gasteiger partial charge is 0.490 e. The van der Waals surface area contributed by atoms with Crippen LogP contribution < -0.4 is 4.74 Å². The standard InChI is InChI=1S/C25H29NO4/c26-15-19-8-7-18(25-14-21(28)13-24(16-27)30-25)12-20(19)11-17-5-9-23(10-6-17)29-22-3-1-2-4-22/h5-10,12,21-22,24-25,27-28H,1-4,11,13-14,16H2. The van der Waals surface area contributed by atoms with Crippen molar-refractivity contribution in [1.82, 2.24) is 0 Å². The van der Waals surface area contributed by atoms with Crippen LogP contribution in [0.4, 0.5) is 0 Å². The lowest BCUT2D eigenvalue weighted by atomic mass is 9.92. The van der Waals surface area contributed by atoms with Gasteiger partial charge in [0.2, 0.25) is 0 Å². The van der Waals surface area contributed by atoms with Crippen LogP contribution in [-0.2, 0) is 11.2 Å². The summed E-state index contributed by atoms with van der Waals surface area (Å²) < 4.78 is 12.0. The third-order valence-electron chi connectivity index (χ3n) is 6.13. The molecule has 2 fully saturated rings. The van der Waals surface area contributed by atoms with Crippen LogP contribution in [0.15, 0.2) is 42.5 Å². The van der Waals surface area contributed by atoms with Crippen molar-refractivity contribution >= 4 is 0 Å². The van der Waals surface area contributed by atoms with E-state index in [4.69, 9.17) is 9.47 Å². The molecule has 30 heavy (non-hydrogen) atoms. The number of nitrogens with zero attached hydrogens (tertiary/aromatic N) is 1. The minimum atomic E-state index is -0.493. The van der Waals surface area contributed by atoms with Crippen LogP contribution in [0.5, 0.6) is 5.75 Å². The number of rotatable bonds is 6. The fraction of sp³-hybridized carbons (Fsp3) is 0.480. The summed E-state index contributed by atoms with van der Waals surface area (Å²) in [4.78, 5) is 0. The number of benzene rings is 2. The molecule has 1 aliphatic carbocycles. The molecular weight excluding hydrogens is 378 g/mol. The van der Waals surface area contributed by atoms with E-state index in [0.29, 0.717) is 30.9 Å². The van der Waals surface area contributed by atoms with Crippen LogP contribution in [-0.4, -0.2) is 35.1 Å². The Morgan fingerprint density at radius 1 is 1.07 bits per heavy atom. The summed E-state index contributed by atoms with van der Waals surface area (Å²) in [7, 11) is 0. The zero-order valence-electron chi connectivity index (χ0n) is 17.2. The van der Waals surface area contributed by atoms with Gasteiger partial charge in [-0.15, -0.1) is 0 Å². The van der Waals surface area contributed by atoms with Crippen molar-refractivity contribution < 1.29 is 19.7 Å². The minimum Gasteiger partial charge on any atom is -0.490 e. The molecule has 2 N–H and O–H groups in total. The van der Waals surface area contributed by atoms with Crippen molar-refractivity contribution in [2.75, 3.05) is 6.61 Å². The maximum atomic E-state index is 10.1. The van der Waals surface area contributed by atoms with Crippen molar-refractivity contribution in [3.8, 4) is 11.8 Å². The van der Waals surface area contributed by atoms with Gasteiger partial charge in [0.15, 0.2) is 0 Å². The third kappa shape index (κ3) is 5.02. The number of nitriles is 1. The summed E-state index contributed by atoms with van der Waals surface area (Å²) in [5.74, 6) is 0.902. The molecule has 1 aliphatic heterocycles. The molecule has 2 aromatic rings. The summed E-state index contributed by atoms with van der Waals surface area (Å²) >= 11 is 0. The molecular formula is C25H29NO4. The minimum absolute atomic E-state index is 0.105. The van der Waals surface area contributed by atoms with Crippen LogP contribution in [0.25, 0.3) is 0 Å². The van der Waals surface area contributed by atoms with Gasteiger partial charge in [0.05, 0.1) is 42.7 Å². The Morgan fingerprint density at radius 3 is 2.53 bits per heavy atom. The van der Waals surface area contributed by atoms with Gasteiger partial charge in [-0.2, -0.15) is 5.26 Å². The van der Waals surface area contributed by atoms with Crippen LogP contribution in [0.1, 0.15) is 66.9 Å². The molecule has 5 nitrogen and oxygen atoms in total. The van der Waals surface area contributed by atoms with E-state index in [-0.39, 0.29) is 18.8 Å². The second-order valence-corrected chi connectivity index (χ2v) is 8.43. The Kier molecular flexibility index (Phi) is 6.69. The normalized spacial score (nSPS) is 24.5. The maximum Gasteiger partial charge on any atom is 0.119 e. The lowest BCUT2D eigenvalue weighted by Crippen LogP contribution is -2.33. The van der Waals surface area contributed by atoms with E-state index in [2.05, 4.69) is 18.2 Å². The molecule has 158 valence electrons. The first-order valence-corrected chi connectivity index (χ1v) is 10.9. The Bertz CT molecular complexity index is 883. The molecule has 3 unspecified atom stereocenters. The molecule has 1 heterocycles. The van der Waals surface area contributed by atoms with Gasteiger partial charge in [-0.05, 0) is 67.0 Å². The summed E-state index contributed by atoms with van der Waals surface area (Å²) in [6.45, 7) is -0.105. The zero-order chi connectivity index (χ0) is 20.9. The molecule has 2 aliphatic rings. The third-order valence-corrected chi connectivity index (χ3v) is 6.13. The van der Waals surface area contributed by atoms with E-state index in [9.17, 15) is 15.5 Å². The first-order valence-electron chi connectivity index (χ1n) is 10.9. The molecule has 2 aromatic carbocycles. The van der Waals surface area contributed by atoms with Crippen molar-refractivity contribution in [2.24, 2.45) is 0 Å². The van der Waals surface area contributed by atoms with E-state index in [1.807, 2.05) is 30.3 Å². The van der Waals surface area contributed by atoms with E-state index >= 15 is 0 Å². The average molecular weight is 408 g/mol. The number of hydrogen-bond acceptors (Lipinski definition) is 5. The molecule has 0 aromatic heterocycles. The van der Waals surface area contributed by atoms with Crippen molar-refractivity contribution in [1.29, 1.82) is 5.26 Å². The second-order valence-electron chi connectivity index (χ2n) is 8.43. The van der Waals surface area contributed by atoms with Gasteiger partial charge in [0.1, 0.15) is 5.75 Å². The lowest BCUT2D eigenvalue weighted by Gasteiger charge is -2.32. The molecule has 0 amide bonds. The van der Waals surface area contributed by atoms with Crippen LogP contribution in [0.2, 0.25) is 0 Å². The molecule has 4 rings (SSSR count). The Labute approximate surface area is 177 Å². The van der Waals surface area contributed by atoms with E-state index in [1.54, 1.807) is 0 Å². The van der Waals surface area contributed by atoms with Gasteiger partial charge in [-0.1, -0.05) is 24.3 Å². The first-order chi connectivity index (χ1) is 14.6. The van der Waals surface area contributed by atoms with E-state index in [0.717, 1.165) is 35.3 Å². The number of aliphatic hydroxyl groups excluding tert-OH is 2. The Morgan fingerprint density at radius 2 is 1.83 bits per heavy atom. The summed E-state index contributed by atoms with van der Waals surface area (Å²) in [5.41, 5.74) is 3.62. The van der Waals surface area contributed by atoms with E-state index < -0.39 is 6.10 Å². The number of aliphatic hydroxyl groups is 2. The number of hydrogen-bond donors (Lipinski definition) is 2. The average Bonchev–Trinajstić information content (AvgIpc) is 3.27. The molecule has 0 spiro atoms. The van der Waals surface area contributed by atoms with Gasteiger partial charge < -0.3 is 19.7 Å².